The van der Waals surface area contributed by atoms with Gasteiger partial charge in [0.1, 0.15) is 6.04 Å². The average molecular weight is 362 g/mol. The summed E-state index contributed by atoms with van der Waals surface area (Å²) in [4.78, 5) is 12.8. The normalized spacial score (nSPS) is 14.2. The number of alkyl halides is 2. The Kier molecular flexibility index (Phi) is 5.58. The molecular formula is C19H20F2N2OS. The van der Waals surface area contributed by atoms with E-state index in [1.54, 1.807) is 31.2 Å². The summed E-state index contributed by atoms with van der Waals surface area (Å²) in [6.45, 7) is 1.80. The Morgan fingerprint density at radius 1 is 1.04 bits per heavy atom. The molecule has 0 aliphatic heterocycles. The van der Waals surface area contributed by atoms with Crippen LogP contribution in [0.5, 0.6) is 0 Å². The van der Waals surface area contributed by atoms with Crippen LogP contribution in [0, 0.1) is 0 Å². The molecular weight excluding hydrogens is 342 g/mol. The summed E-state index contributed by atoms with van der Waals surface area (Å²) in [5.74, 6) is -2.62. The van der Waals surface area contributed by atoms with Gasteiger partial charge in [-0.2, -0.15) is 8.78 Å². The SMILES string of the molecule is CC(Nc1ccc2c(c1)CCC2)C(=O)Nc1ccc(SC(F)F)cc1. The summed E-state index contributed by atoms with van der Waals surface area (Å²) in [6.07, 6.45) is 3.41. The highest BCUT2D eigenvalue weighted by atomic mass is 32.2. The molecule has 3 rings (SSSR count). The monoisotopic (exact) mass is 362 g/mol. The Labute approximate surface area is 150 Å². The van der Waals surface area contributed by atoms with Crippen molar-refractivity contribution in [3.63, 3.8) is 0 Å². The summed E-state index contributed by atoms with van der Waals surface area (Å²) < 4.78 is 24.6. The van der Waals surface area contributed by atoms with Crippen LogP contribution in [0.3, 0.4) is 0 Å². The largest absolute Gasteiger partial charge is 0.374 e. The molecule has 0 spiro atoms. The van der Waals surface area contributed by atoms with Crippen LogP contribution in [0.1, 0.15) is 24.5 Å². The Morgan fingerprint density at radius 2 is 1.72 bits per heavy atom. The van der Waals surface area contributed by atoms with Crippen LogP contribution in [-0.4, -0.2) is 17.7 Å². The van der Waals surface area contributed by atoms with Crippen molar-refractivity contribution in [1.82, 2.24) is 0 Å². The Hall–Kier alpha value is -2.08. The number of halogens is 2. The van der Waals surface area contributed by atoms with Gasteiger partial charge in [-0.05, 0) is 73.7 Å². The number of fused-ring (bicyclic) bond motifs is 1. The second-order valence-electron chi connectivity index (χ2n) is 6.10. The first-order chi connectivity index (χ1) is 12.0. The zero-order valence-corrected chi connectivity index (χ0v) is 14.7. The fourth-order valence-corrected chi connectivity index (χ4v) is 3.45. The molecule has 0 heterocycles. The first-order valence-electron chi connectivity index (χ1n) is 8.25. The first kappa shape index (κ1) is 17.7. The zero-order valence-electron chi connectivity index (χ0n) is 13.9. The van der Waals surface area contributed by atoms with E-state index in [-0.39, 0.29) is 5.91 Å². The van der Waals surface area contributed by atoms with E-state index in [9.17, 15) is 13.6 Å². The van der Waals surface area contributed by atoms with E-state index in [4.69, 9.17) is 0 Å². The lowest BCUT2D eigenvalue weighted by atomic mass is 10.1. The number of rotatable bonds is 6. The van der Waals surface area contributed by atoms with Crippen molar-refractivity contribution >= 4 is 29.0 Å². The molecule has 2 aromatic carbocycles. The second kappa shape index (κ2) is 7.87. The molecule has 6 heteroatoms. The second-order valence-corrected chi connectivity index (χ2v) is 7.16. The van der Waals surface area contributed by atoms with Crippen LogP contribution in [0.4, 0.5) is 20.2 Å². The first-order valence-corrected chi connectivity index (χ1v) is 9.13. The van der Waals surface area contributed by atoms with Gasteiger partial charge in [0.05, 0.1) is 0 Å². The fraction of sp³-hybridized carbons (Fsp3) is 0.316. The van der Waals surface area contributed by atoms with E-state index in [1.165, 1.54) is 17.5 Å². The third-order valence-electron chi connectivity index (χ3n) is 4.22. The van der Waals surface area contributed by atoms with Crippen LogP contribution >= 0.6 is 11.8 Å². The van der Waals surface area contributed by atoms with Gasteiger partial charge in [0.2, 0.25) is 5.91 Å². The minimum Gasteiger partial charge on any atom is -0.374 e. The molecule has 1 aliphatic carbocycles. The van der Waals surface area contributed by atoms with Gasteiger partial charge in [-0.25, -0.2) is 0 Å². The smallest absolute Gasteiger partial charge is 0.288 e. The number of nitrogens with one attached hydrogen (secondary N) is 2. The van der Waals surface area contributed by atoms with Crippen LogP contribution in [-0.2, 0) is 17.6 Å². The van der Waals surface area contributed by atoms with Crippen LogP contribution in [0.2, 0.25) is 0 Å². The molecule has 25 heavy (non-hydrogen) atoms. The summed E-state index contributed by atoms with van der Waals surface area (Å²) in [7, 11) is 0. The van der Waals surface area contributed by atoms with E-state index < -0.39 is 11.8 Å². The number of carbonyl (C=O) groups excluding carboxylic acids is 1. The molecule has 2 N–H and O–H groups in total. The highest BCUT2D eigenvalue weighted by Gasteiger charge is 2.15. The minimum absolute atomic E-state index is 0.172. The van der Waals surface area contributed by atoms with Crippen molar-refractivity contribution in [3.8, 4) is 0 Å². The summed E-state index contributed by atoms with van der Waals surface area (Å²) in [5.41, 5.74) is 4.27. The maximum atomic E-state index is 12.3. The summed E-state index contributed by atoms with van der Waals surface area (Å²) in [5, 5.41) is 6.01. The lowest BCUT2D eigenvalue weighted by Gasteiger charge is -2.16. The number of thioether (sulfide) groups is 1. The number of anilines is 2. The molecule has 0 saturated carbocycles. The zero-order chi connectivity index (χ0) is 17.8. The van der Waals surface area contributed by atoms with Crippen molar-refractivity contribution in [2.75, 3.05) is 10.6 Å². The maximum absolute atomic E-state index is 12.3. The summed E-state index contributed by atoms with van der Waals surface area (Å²) in [6, 6.07) is 12.2. The van der Waals surface area contributed by atoms with Crippen LogP contribution < -0.4 is 10.6 Å². The van der Waals surface area contributed by atoms with Gasteiger partial charge in [-0.15, -0.1) is 0 Å². The van der Waals surface area contributed by atoms with Gasteiger partial charge < -0.3 is 10.6 Å². The third-order valence-corrected chi connectivity index (χ3v) is 4.94. The van der Waals surface area contributed by atoms with E-state index in [1.807, 2.05) is 6.07 Å². The quantitative estimate of drug-likeness (QED) is 0.716. The van der Waals surface area contributed by atoms with Gasteiger partial charge in [-0.3, -0.25) is 4.79 Å². The van der Waals surface area contributed by atoms with Crippen molar-refractivity contribution in [1.29, 1.82) is 0 Å². The molecule has 1 aliphatic rings. The van der Waals surface area contributed by atoms with Gasteiger partial charge in [-0.1, -0.05) is 17.8 Å². The molecule has 0 saturated heterocycles. The van der Waals surface area contributed by atoms with Gasteiger partial charge in [0.15, 0.2) is 0 Å². The fourth-order valence-electron chi connectivity index (χ4n) is 2.95. The number of carbonyl (C=O) groups is 1. The van der Waals surface area contributed by atoms with Gasteiger partial charge >= 0.3 is 0 Å². The number of aryl methyl sites for hydroxylation is 2. The van der Waals surface area contributed by atoms with Gasteiger partial charge in [0.25, 0.3) is 5.76 Å². The van der Waals surface area contributed by atoms with E-state index >= 15 is 0 Å². The van der Waals surface area contributed by atoms with Gasteiger partial charge in [0, 0.05) is 16.3 Å². The van der Waals surface area contributed by atoms with Crippen molar-refractivity contribution in [2.45, 2.75) is 42.9 Å². The third kappa shape index (κ3) is 4.72. The highest BCUT2D eigenvalue weighted by molar-refractivity contribution is 7.99. The predicted molar refractivity (Wildman–Crippen MR) is 98.5 cm³/mol. The molecule has 132 valence electrons. The maximum Gasteiger partial charge on any atom is 0.288 e. The number of hydrogen-bond acceptors (Lipinski definition) is 3. The summed E-state index contributed by atoms with van der Waals surface area (Å²) >= 11 is 0.485. The molecule has 0 aromatic heterocycles. The van der Waals surface area contributed by atoms with Crippen LogP contribution in [0.25, 0.3) is 0 Å². The Balaban J connectivity index is 1.57. The number of benzene rings is 2. The lowest BCUT2D eigenvalue weighted by Crippen LogP contribution is -2.31. The number of amides is 1. The standard InChI is InChI=1S/C19H20F2N2OS/c1-12(22-16-6-5-13-3-2-4-14(13)11-16)18(24)23-15-7-9-17(10-8-15)25-19(20)21/h5-12,19,22H,2-4H2,1H3,(H,23,24). The minimum atomic E-state index is -2.45. The Bertz CT molecular complexity index is 750. The Morgan fingerprint density at radius 3 is 2.44 bits per heavy atom. The van der Waals surface area contributed by atoms with Crippen molar-refractivity contribution in [2.24, 2.45) is 0 Å². The van der Waals surface area contributed by atoms with Crippen molar-refractivity contribution < 1.29 is 13.6 Å². The average Bonchev–Trinajstić information content (AvgIpc) is 3.03. The highest BCUT2D eigenvalue weighted by Crippen LogP contribution is 2.27. The van der Waals surface area contributed by atoms with Crippen LogP contribution in [0.15, 0.2) is 47.4 Å². The lowest BCUT2D eigenvalue weighted by molar-refractivity contribution is -0.116. The number of hydrogen-bond donors (Lipinski definition) is 2. The van der Waals surface area contributed by atoms with E-state index in [0.717, 1.165) is 18.5 Å². The predicted octanol–water partition coefficient (Wildman–Crippen LogP) is 4.93. The molecule has 1 amide bonds. The van der Waals surface area contributed by atoms with E-state index in [0.29, 0.717) is 22.3 Å². The molecule has 0 bridgehead atoms. The topological polar surface area (TPSA) is 41.1 Å². The molecule has 1 unspecified atom stereocenters. The molecule has 2 aromatic rings. The van der Waals surface area contributed by atoms with E-state index in [2.05, 4.69) is 22.8 Å². The van der Waals surface area contributed by atoms with Crippen molar-refractivity contribution in [3.05, 3.63) is 53.6 Å². The molecule has 0 radical (unpaired) electrons. The molecule has 3 nitrogen and oxygen atoms in total. The molecule has 1 atom stereocenters. The molecule has 0 fully saturated rings.